The molecule has 4 nitrogen and oxygen atoms in total. The number of hydrogen-bond acceptors (Lipinski definition) is 4. The van der Waals surface area contributed by atoms with Crippen molar-refractivity contribution in [1.29, 1.82) is 0 Å². The van der Waals surface area contributed by atoms with Crippen molar-refractivity contribution in [3.05, 3.63) is 47.4 Å². The Morgan fingerprint density at radius 2 is 2.12 bits per heavy atom. The lowest BCUT2D eigenvalue weighted by Gasteiger charge is -2.14. The van der Waals surface area contributed by atoms with Crippen LogP contribution in [0, 0.1) is 0 Å². The summed E-state index contributed by atoms with van der Waals surface area (Å²) in [5, 5.41) is 3.64. The summed E-state index contributed by atoms with van der Waals surface area (Å²) in [7, 11) is 0. The van der Waals surface area contributed by atoms with Crippen LogP contribution in [-0.2, 0) is 0 Å². The molecule has 1 aromatic carbocycles. The summed E-state index contributed by atoms with van der Waals surface area (Å²) < 4.78 is 0. The number of nitrogens with one attached hydrogen (secondary N) is 1. The van der Waals surface area contributed by atoms with Gasteiger partial charge in [-0.25, -0.2) is 9.97 Å². The molecular formula is C12H13ClN4. The fourth-order valence-corrected chi connectivity index (χ4v) is 1.69. The predicted octanol–water partition coefficient (Wildman–Crippen LogP) is 2.89. The molecule has 1 unspecified atom stereocenters. The minimum atomic E-state index is -0.0562. The summed E-state index contributed by atoms with van der Waals surface area (Å²) in [6.45, 7) is 1.93. The third-order valence-electron chi connectivity index (χ3n) is 2.37. The van der Waals surface area contributed by atoms with Crippen LogP contribution >= 0.6 is 11.6 Å². The van der Waals surface area contributed by atoms with E-state index in [9.17, 15) is 0 Å². The van der Waals surface area contributed by atoms with Gasteiger partial charge in [-0.3, -0.25) is 0 Å². The summed E-state index contributed by atoms with van der Waals surface area (Å²) in [6.07, 6.45) is 2.99. The lowest BCUT2D eigenvalue weighted by molar-refractivity contribution is 0.820. The zero-order valence-electron chi connectivity index (χ0n) is 9.39. The van der Waals surface area contributed by atoms with Crippen LogP contribution in [0.5, 0.6) is 0 Å². The van der Waals surface area contributed by atoms with E-state index in [1.807, 2.05) is 31.2 Å². The molecule has 0 bridgehead atoms. The highest BCUT2D eigenvalue weighted by molar-refractivity contribution is 6.32. The molecule has 0 amide bonds. The van der Waals surface area contributed by atoms with Gasteiger partial charge < -0.3 is 11.1 Å². The van der Waals surface area contributed by atoms with Crippen molar-refractivity contribution in [3.8, 4) is 0 Å². The molecule has 0 radical (unpaired) electrons. The smallest absolute Gasteiger partial charge is 0.152 e. The molecule has 0 fully saturated rings. The van der Waals surface area contributed by atoms with Gasteiger partial charge in [-0.15, -0.1) is 0 Å². The van der Waals surface area contributed by atoms with Crippen molar-refractivity contribution in [2.24, 2.45) is 5.73 Å². The molecule has 0 saturated heterocycles. The third kappa shape index (κ3) is 2.72. The Kier molecular flexibility index (Phi) is 3.56. The molecule has 5 heteroatoms. The summed E-state index contributed by atoms with van der Waals surface area (Å²) >= 11 is 5.99. The van der Waals surface area contributed by atoms with E-state index in [1.54, 1.807) is 6.20 Å². The highest BCUT2D eigenvalue weighted by Gasteiger charge is 2.08. The van der Waals surface area contributed by atoms with E-state index < -0.39 is 0 Å². The number of nitrogens with two attached hydrogens (primary N) is 1. The quantitative estimate of drug-likeness (QED) is 0.877. The molecule has 0 saturated carbocycles. The lowest BCUT2D eigenvalue weighted by Crippen LogP contribution is -2.08. The average molecular weight is 249 g/mol. The van der Waals surface area contributed by atoms with E-state index in [4.69, 9.17) is 17.3 Å². The molecule has 2 rings (SSSR count). The Morgan fingerprint density at radius 1 is 1.35 bits per heavy atom. The highest BCUT2D eigenvalue weighted by Crippen LogP contribution is 2.26. The SMILES string of the molecule is CC(N)c1ccccc1Nc1ncncc1Cl. The van der Waals surface area contributed by atoms with Crippen molar-refractivity contribution >= 4 is 23.1 Å². The number of nitrogens with zero attached hydrogens (tertiary/aromatic N) is 2. The number of rotatable bonds is 3. The largest absolute Gasteiger partial charge is 0.339 e. The summed E-state index contributed by atoms with van der Waals surface area (Å²) in [4.78, 5) is 7.92. The number of halogens is 1. The van der Waals surface area contributed by atoms with Crippen molar-refractivity contribution < 1.29 is 0 Å². The maximum absolute atomic E-state index is 5.99. The van der Waals surface area contributed by atoms with Crippen LogP contribution in [0.2, 0.25) is 5.02 Å². The number of aromatic nitrogens is 2. The first-order valence-corrected chi connectivity index (χ1v) is 5.63. The molecule has 88 valence electrons. The minimum absolute atomic E-state index is 0.0562. The summed E-state index contributed by atoms with van der Waals surface area (Å²) in [5.41, 5.74) is 7.82. The molecule has 1 aromatic heterocycles. The molecule has 0 spiro atoms. The Balaban J connectivity index is 2.34. The maximum atomic E-state index is 5.99. The second-order valence-electron chi connectivity index (χ2n) is 3.72. The van der Waals surface area contributed by atoms with E-state index in [0.29, 0.717) is 10.8 Å². The first-order valence-electron chi connectivity index (χ1n) is 5.25. The van der Waals surface area contributed by atoms with Crippen molar-refractivity contribution in [2.75, 3.05) is 5.32 Å². The Hall–Kier alpha value is -1.65. The molecular weight excluding hydrogens is 236 g/mol. The molecule has 0 aliphatic heterocycles. The number of para-hydroxylation sites is 1. The van der Waals surface area contributed by atoms with Gasteiger partial charge in [0.05, 0.1) is 6.20 Å². The lowest BCUT2D eigenvalue weighted by atomic mass is 10.1. The van der Waals surface area contributed by atoms with E-state index in [1.165, 1.54) is 6.33 Å². The normalized spacial score (nSPS) is 12.2. The van der Waals surface area contributed by atoms with Crippen LogP contribution < -0.4 is 11.1 Å². The number of anilines is 2. The first-order chi connectivity index (χ1) is 8.18. The first kappa shape index (κ1) is 11.8. The molecule has 1 atom stereocenters. The van der Waals surface area contributed by atoms with Crippen molar-refractivity contribution in [1.82, 2.24) is 9.97 Å². The Labute approximate surface area is 105 Å². The van der Waals surface area contributed by atoms with Crippen LogP contribution in [0.25, 0.3) is 0 Å². The standard InChI is InChI=1S/C12H13ClN4/c1-8(14)9-4-2-3-5-11(9)17-12-10(13)6-15-7-16-12/h2-8H,14H2,1H3,(H,15,16,17). The fraction of sp³-hybridized carbons (Fsp3) is 0.167. The zero-order valence-corrected chi connectivity index (χ0v) is 10.1. The molecule has 1 heterocycles. The molecule has 3 N–H and O–H groups in total. The van der Waals surface area contributed by atoms with E-state index in [2.05, 4.69) is 15.3 Å². The van der Waals surface area contributed by atoms with Gasteiger partial charge in [-0.05, 0) is 18.6 Å². The maximum Gasteiger partial charge on any atom is 0.152 e. The second kappa shape index (κ2) is 5.12. The van der Waals surface area contributed by atoms with Crippen LogP contribution in [0.1, 0.15) is 18.5 Å². The highest BCUT2D eigenvalue weighted by atomic mass is 35.5. The van der Waals surface area contributed by atoms with Gasteiger partial charge in [0.25, 0.3) is 0 Å². The molecule has 0 aliphatic carbocycles. The predicted molar refractivity (Wildman–Crippen MR) is 69.4 cm³/mol. The van der Waals surface area contributed by atoms with Gasteiger partial charge in [0.2, 0.25) is 0 Å². The zero-order chi connectivity index (χ0) is 12.3. The topological polar surface area (TPSA) is 63.8 Å². The van der Waals surface area contributed by atoms with Gasteiger partial charge in [0.1, 0.15) is 11.3 Å². The number of hydrogen-bond donors (Lipinski definition) is 2. The second-order valence-corrected chi connectivity index (χ2v) is 4.13. The molecule has 0 aliphatic rings. The number of benzene rings is 1. The van der Waals surface area contributed by atoms with E-state index >= 15 is 0 Å². The molecule has 2 aromatic rings. The van der Waals surface area contributed by atoms with Crippen LogP contribution in [0.4, 0.5) is 11.5 Å². The van der Waals surface area contributed by atoms with Gasteiger partial charge in [0, 0.05) is 11.7 Å². The average Bonchev–Trinajstić information content (AvgIpc) is 2.32. The van der Waals surface area contributed by atoms with Crippen LogP contribution in [0.3, 0.4) is 0 Å². The van der Waals surface area contributed by atoms with Crippen LogP contribution in [-0.4, -0.2) is 9.97 Å². The Bertz CT molecular complexity index is 513. The van der Waals surface area contributed by atoms with Crippen LogP contribution in [0.15, 0.2) is 36.8 Å². The van der Waals surface area contributed by atoms with Crippen molar-refractivity contribution in [3.63, 3.8) is 0 Å². The Morgan fingerprint density at radius 3 is 2.82 bits per heavy atom. The summed E-state index contributed by atoms with van der Waals surface area (Å²) in [5.74, 6) is 0.578. The van der Waals surface area contributed by atoms with Gasteiger partial charge in [-0.2, -0.15) is 0 Å². The van der Waals surface area contributed by atoms with Crippen molar-refractivity contribution in [2.45, 2.75) is 13.0 Å². The van der Waals surface area contributed by atoms with Gasteiger partial charge >= 0.3 is 0 Å². The third-order valence-corrected chi connectivity index (χ3v) is 2.65. The van der Waals surface area contributed by atoms with E-state index in [0.717, 1.165) is 11.3 Å². The van der Waals surface area contributed by atoms with Gasteiger partial charge in [-0.1, -0.05) is 29.8 Å². The fourth-order valence-electron chi connectivity index (χ4n) is 1.54. The van der Waals surface area contributed by atoms with E-state index in [-0.39, 0.29) is 6.04 Å². The monoisotopic (exact) mass is 248 g/mol. The van der Waals surface area contributed by atoms with Gasteiger partial charge in [0.15, 0.2) is 5.82 Å². The molecule has 17 heavy (non-hydrogen) atoms. The summed E-state index contributed by atoms with van der Waals surface area (Å²) in [6, 6.07) is 7.74. The minimum Gasteiger partial charge on any atom is -0.339 e.